The highest BCUT2D eigenvalue weighted by molar-refractivity contribution is 5.86. The summed E-state index contributed by atoms with van der Waals surface area (Å²) in [7, 11) is 0. The molecule has 4 heteroatoms. The lowest BCUT2D eigenvalue weighted by molar-refractivity contribution is -0.177. The van der Waals surface area contributed by atoms with Crippen LogP contribution in [-0.4, -0.2) is 12.0 Å². The monoisotopic (exact) mass is 218 g/mol. The molecule has 15 heavy (non-hydrogen) atoms. The second kappa shape index (κ2) is 2.58. The Morgan fingerprint density at radius 2 is 1.80 bits per heavy atom. The highest BCUT2D eigenvalue weighted by atomic mass is 19.4. The Bertz CT molecular complexity index is 322. The van der Waals surface area contributed by atoms with E-state index in [9.17, 15) is 18.0 Å². The van der Waals surface area contributed by atoms with Gasteiger partial charge in [0.25, 0.3) is 0 Å². The number of rotatable bonds is 1. The van der Waals surface area contributed by atoms with Crippen molar-refractivity contribution in [2.45, 2.75) is 38.3 Å². The highest BCUT2D eigenvalue weighted by Gasteiger charge is 2.71. The Balaban J connectivity index is 1.72. The summed E-state index contributed by atoms with van der Waals surface area (Å²) in [6.45, 7) is 0. The zero-order valence-electron chi connectivity index (χ0n) is 8.31. The summed E-state index contributed by atoms with van der Waals surface area (Å²) in [6, 6.07) is 0. The molecule has 3 fully saturated rings. The molecule has 0 aromatic carbocycles. The van der Waals surface area contributed by atoms with Crippen molar-refractivity contribution in [2.24, 2.45) is 23.2 Å². The van der Waals surface area contributed by atoms with E-state index in [0.717, 1.165) is 12.8 Å². The molecule has 4 unspecified atom stereocenters. The van der Waals surface area contributed by atoms with E-state index in [1.165, 1.54) is 6.42 Å². The molecule has 4 atom stereocenters. The molecular weight excluding hydrogens is 205 g/mol. The lowest BCUT2D eigenvalue weighted by Gasteiger charge is -2.32. The van der Waals surface area contributed by atoms with E-state index in [1.54, 1.807) is 0 Å². The van der Waals surface area contributed by atoms with Crippen LogP contribution in [-0.2, 0) is 4.79 Å². The van der Waals surface area contributed by atoms with E-state index >= 15 is 0 Å². The van der Waals surface area contributed by atoms with Gasteiger partial charge in [0.1, 0.15) is 0 Å². The number of hydrogen-bond donors (Lipinski definition) is 0. The van der Waals surface area contributed by atoms with Crippen LogP contribution in [0.1, 0.15) is 32.1 Å². The van der Waals surface area contributed by atoms with Crippen molar-refractivity contribution in [3.05, 3.63) is 0 Å². The average molecular weight is 218 g/mol. The number of Topliss-reactive ketones (excluding diaryl/α,β-unsaturated/α-hetero) is 1. The summed E-state index contributed by atoms with van der Waals surface area (Å²) < 4.78 is 36.8. The van der Waals surface area contributed by atoms with Gasteiger partial charge in [-0.15, -0.1) is 0 Å². The van der Waals surface area contributed by atoms with Crippen LogP contribution in [0.5, 0.6) is 0 Å². The molecule has 0 amide bonds. The number of carbonyl (C=O) groups is 1. The summed E-state index contributed by atoms with van der Waals surface area (Å²) in [5.74, 6) is -0.877. The van der Waals surface area contributed by atoms with E-state index in [0.29, 0.717) is 24.7 Å². The molecule has 1 spiro atoms. The van der Waals surface area contributed by atoms with Crippen LogP contribution in [0, 0.1) is 23.2 Å². The summed E-state index contributed by atoms with van der Waals surface area (Å²) in [5.41, 5.74) is 0.184. The Labute approximate surface area is 86.0 Å². The smallest absolute Gasteiger partial charge is 0.289 e. The van der Waals surface area contributed by atoms with Crippen molar-refractivity contribution >= 4 is 5.78 Å². The molecule has 1 nitrogen and oxygen atoms in total. The molecular formula is C11H13F3O. The van der Waals surface area contributed by atoms with Gasteiger partial charge in [-0.1, -0.05) is 0 Å². The summed E-state index contributed by atoms with van der Waals surface area (Å²) in [5, 5.41) is 0. The number of alkyl halides is 3. The largest absolute Gasteiger partial charge is 0.450 e. The second-order valence-electron chi connectivity index (χ2n) is 5.33. The van der Waals surface area contributed by atoms with Gasteiger partial charge in [0.15, 0.2) is 0 Å². The van der Waals surface area contributed by atoms with Crippen molar-refractivity contribution in [1.82, 2.24) is 0 Å². The molecule has 84 valence electrons. The highest BCUT2D eigenvalue weighted by Crippen LogP contribution is 2.78. The van der Waals surface area contributed by atoms with E-state index < -0.39 is 17.9 Å². The number of carbonyl (C=O) groups excluding carboxylic acids is 1. The maximum absolute atomic E-state index is 12.3. The van der Waals surface area contributed by atoms with Gasteiger partial charge in [0, 0.05) is 5.92 Å². The minimum Gasteiger partial charge on any atom is -0.289 e. The van der Waals surface area contributed by atoms with Gasteiger partial charge in [-0.2, -0.15) is 13.2 Å². The molecule has 3 aliphatic rings. The molecule has 0 radical (unpaired) electrons. The first-order valence-corrected chi connectivity index (χ1v) is 5.56. The van der Waals surface area contributed by atoms with Crippen LogP contribution in [0.15, 0.2) is 0 Å². The Morgan fingerprint density at radius 3 is 2.33 bits per heavy atom. The van der Waals surface area contributed by atoms with Crippen LogP contribution >= 0.6 is 0 Å². The number of halogens is 3. The Morgan fingerprint density at radius 1 is 1.13 bits per heavy atom. The van der Waals surface area contributed by atoms with Gasteiger partial charge in [0.05, 0.1) is 0 Å². The van der Waals surface area contributed by atoms with Crippen molar-refractivity contribution in [3.63, 3.8) is 0 Å². The topological polar surface area (TPSA) is 17.1 Å². The molecule has 0 bridgehead atoms. The third-order valence-corrected chi connectivity index (χ3v) is 4.88. The van der Waals surface area contributed by atoms with E-state index in [4.69, 9.17) is 0 Å². The van der Waals surface area contributed by atoms with Crippen LogP contribution in [0.2, 0.25) is 0 Å². The molecule has 0 saturated heterocycles. The molecule has 0 heterocycles. The van der Waals surface area contributed by atoms with Crippen molar-refractivity contribution in [2.75, 3.05) is 0 Å². The minimum atomic E-state index is -4.62. The number of hydrogen-bond acceptors (Lipinski definition) is 1. The molecule has 0 N–H and O–H groups in total. The molecule has 3 aliphatic carbocycles. The fraction of sp³-hybridized carbons (Fsp3) is 0.909. The van der Waals surface area contributed by atoms with E-state index in [-0.39, 0.29) is 5.41 Å². The maximum Gasteiger partial charge on any atom is 0.450 e. The second-order valence-corrected chi connectivity index (χ2v) is 5.33. The van der Waals surface area contributed by atoms with Crippen LogP contribution in [0.3, 0.4) is 0 Å². The first kappa shape index (κ1) is 9.67. The first-order valence-electron chi connectivity index (χ1n) is 5.56. The van der Waals surface area contributed by atoms with Crippen molar-refractivity contribution in [3.8, 4) is 0 Å². The van der Waals surface area contributed by atoms with Gasteiger partial charge in [0.2, 0.25) is 5.78 Å². The zero-order chi connectivity index (χ0) is 10.8. The van der Waals surface area contributed by atoms with Crippen LogP contribution in [0.25, 0.3) is 0 Å². The van der Waals surface area contributed by atoms with Gasteiger partial charge in [-0.25, -0.2) is 0 Å². The predicted molar refractivity (Wildman–Crippen MR) is 47.1 cm³/mol. The normalized spacial score (nSPS) is 47.5. The van der Waals surface area contributed by atoms with Crippen LogP contribution < -0.4 is 0 Å². The predicted octanol–water partition coefficient (Wildman–Crippen LogP) is 2.94. The van der Waals surface area contributed by atoms with Crippen molar-refractivity contribution < 1.29 is 18.0 Å². The van der Waals surface area contributed by atoms with Gasteiger partial charge in [-0.3, -0.25) is 4.79 Å². The van der Waals surface area contributed by atoms with E-state index in [2.05, 4.69) is 0 Å². The summed E-state index contributed by atoms with van der Waals surface area (Å²) in [6.07, 6.45) is -0.567. The van der Waals surface area contributed by atoms with Gasteiger partial charge < -0.3 is 0 Å². The number of ketones is 1. The molecule has 3 rings (SSSR count). The maximum atomic E-state index is 12.3. The standard InChI is InChI=1S/C11H13F3O/c12-11(13,14)9(15)6-1-2-7-8-3-4-10(7,8)5-6/h6-8H,1-5H2. The lowest BCUT2D eigenvalue weighted by atomic mass is 9.72. The average Bonchev–Trinajstić information content (AvgIpc) is 2.60. The third kappa shape index (κ3) is 1.14. The summed E-state index contributed by atoms with van der Waals surface area (Å²) in [4.78, 5) is 11.1. The Hall–Kier alpha value is -0.540. The lowest BCUT2D eigenvalue weighted by Crippen LogP contribution is -2.35. The molecule has 0 aromatic heterocycles. The molecule has 0 aromatic rings. The van der Waals surface area contributed by atoms with Gasteiger partial charge >= 0.3 is 6.18 Å². The quantitative estimate of drug-likeness (QED) is 0.661. The zero-order valence-corrected chi connectivity index (χ0v) is 8.31. The number of fused-ring (bicyclic) bond motifs is 1. The van der Waals surface area contributed by atoms with Crippen LogP contribution in [0.4, 0.5) is 13.2 Å². The Kier molecular flexibility index (Phi) is 1.66. The van der Waals surface area contributed by atoms with Crippen molar-refractivity contribution in [1.29, 1.82) is 0 Å². The van der Waals surface area contributed by atoms with Gasteiger partial charge in [-0.05, 0) is 49.4 Å². The third-order valence-electron chi connectivity index (χ3n) is 4.88. The minimum absolute atomic E-state index is 0.184. The van der Waals surface area contributed by atoms with E-state index in [1.807, 2.05) is 0 Å². The fourth-order valence-electron chi connectivity index (χ4n) is 4.03. The fourth-order valence-corrected chi connectivity index (χ4v) is 4.03. The summed E-state index contributed by atoms with van der Waals surface area (Å²) >= 11 is 0. The SMILES string of the molecule is O=C(C1CCC2C3CCC23C1)C(F)(F)F. The first-order chi connectivity index (χ1) is 6.95. The molecule has 3 saturated carbocycles. The molecule has 0 aliphatic heterocycles.